The molecule has 1 aliphatic rings. The van der Waals surface area contributed by atoms with Gasteiger partial charge in [-0.2, -0.15) is 11.8 Å². The summed E-state index contributed by atoms with van der Waals surface area (Å²) in [5, 5.41) is 9.19. The molecule has 0 aromatic carbocycles. The number of methoxy groups -OCH3 is 1. The number of ether oxygens (including phenoxy) is 1. The number of carbonyl (C=O) groups is 1. The molecule has 5 heteroatoms. The molecule has 82 valence electrons. The van der Waals surface area contributed by atoms with Gasteiger partial charge in [0.1, 0.15) is 5.54 Å². The van der Waals surface area contributed by atoms with Gasteiger partial charge in [-0.15, -0.1) is 0 Å². The van der Waals surface area contributed by atoms with Crippen molar-refractivity contribution in [2.45, 2.75) is 12.5 Å². The summed E-state index contributed by atoms with van der Waals surface area (Å²) in [6, 6.07) is 0. The van der Waals surface area contributed by atoms with E-state index in [-0.39, 0.29) is 6.61 Å². The maximum Gasteiger partial charge on any atom is 0.326 e. The van der Waals surface area contributed by atoms with Crippen molar-refractivity contribution in [3.05, 3.63) is 0 Å². The lowest BCUT2D eigenvalue weighted by molar-refractivity contribution is -0.154. The average molecular weight is 219 g/mol. The van der Waals surface area contributed by atoms with Crippen LogP contribution in [0.3, 0.4) is 0 Å². The van der Waals surface area contributed by atoms with Crippen molar-refractivity contribution < 1.29 is 14.6 Å². The first-order chi connectivity index (χ1) is 6.61. The van der Waals surface area contributed by atoms with Crippen LogP contribution in [0.15, 0.2) is 0 Å². The van der Waals surface area contributed by atoms with Gasteiger partial charge in [0.25, 0.3) is 0 Å². The van der Waals surface area contributed by atoms with Crippen LogP contribution in [-0.4, -0.2) is 59.8 Å². The molecular formula is C9H17NO3S. The van der Waals surface area contributed by atoms with E-state index in [1.54, 1.807) is 14.0 Å². The largest absolute Gasteiger partial charge is 0.480 e. The molecule has 1 fully saturated rings. The first kappa shape index (κ1) is 11.8. The van der Waals surface area contributed by atoms with Gasteiger partial charge in [0.15, 0.2) is 0 Å². The summed E-state index contributed by atoms with van der Waals surface area (Å²) in [4.78, 5) is 13.2. The highest BCUT2D eigenvalue weighted by Gasteiger charge is 2.40. The zero-order chi connectivity index (χ0) is 10.6. The molecule has 1 N–H and O–H groups in total. The molecule has 0 spiro atoms. The van der Waals surface area contributed by atoms with Crippen LogP contribution >= 0.6 is 11.8 Å². The Hall–Kier alpha value is -0.260. The number of carboxylic acids is 1. The van der Waals surface area contributed by atoms with Crippen LogP contribution < -0.4 is 0 Å². The predicted octanol–water partition coefficient (Wildman–Crippen LogP) is 0.525. The summed E-state index contributed by atoms with van der Waals surface area (Å²) in [6.45, 7) is 3.63. The molecule has 1 heterocycles. The fraction of sp³-hybridized carbons (Fsp3) is 0.889. The van der Waals surface area contributed by atoms with Crippen LogP contribution in [0.2, 0.25) is 0 Å². The molecule has 4 nitrogen and oxygen atoms in total. The van der Waals surface area contributed by atoms with E-state index in [2.05, 4.69) is 0 Å². The molecule has 0 saturated carbocycles. The second-order valence-corrected chi connectivity index (χ2v) is 4.84. The second kappa shape index (κ2) is 5.00. The fourth-order valence-electron chi connectivity index (χ4n) is 1.63. The van der Waals surface area contributed by atoms with Gasteiger partial charge in [0, 0.05) is 31.7 Å². The summed E-state index contributed by atoms with van der Waals surface area (Å²) in [7, 11) is 1.54. The highest BCUT2D eigenvalue weighted by atomic mass is 32.2. The van der Waals surface area contributed by atoms with Gasteiger partial charge in [-0.25, -0.2) is 0 Å². The van der Waals surface area contributed by atoms with E-state index in [0.29, 0.717) is 0 Å². The van der Waals surface area contributed by atoms with Crippen LogP contribution in [0.4, 0.5) is 0 Å². The Bertz CT molecular complexity index is 206. The molecule has 1 unspecified atom stereocenters. The lowest BCUT2D eigenvalue weighted by atomic mass is 10.0. The molecule has 0 bridgehead atoms. The van der Waals surface area contributed by atoms with E-state index >= 15 is 0 Å². The van der Waals surface area contributed by atoms with Crippen molar-refractivity contribution in [3.63, 3.8) is 0 Å². The van der Waals surface area contributed by atoms with Gasteiger partial charge in [-0.3, -0.25) is 9.69 Å². The Balaban J connectivity index is 2.69. The quantitative estimate of drug-likeness (QED) is 0.747. The van der Waals surface area contributed by atoms with E-state index in [1.165, 1.54) is 0 Å². The third kappa shape index (κ3) is 2.40. The van der Waals surface area contributed by atoms with E-state index in [0.717, 1.165) is 24.6 Å². The zero-order valence-electron chi connectivity index (χ0n) is 8.65. The number of hydrogen-bond donors (Lipinski definition) is 1. The van der Waals surface area contributed by atoms with Crippen molar-refractivity contribution in [3.8, 4) is 0 Å². The van der Waals surface area contributed by atoms with Crippen LogP contribution in [0.1, 0.15) is 6.92 Å². The fourth-order valence-corrected chi connectivity index (χ4v) is 2.53. The smallest absolute Gasteiger partial charge is 0.326 e. The SMILES string of the molecule is COCC(C)(C(=O)O)N1CCSCC1. The Morgan fingerprint density at radius 3 is 2.57 bits per heavy atom. The van der Waals surface area contributed by atoms with Crippen molar-refractivity contribution >= 4 is 17.7 Å². The van der Waals surface area contributed by atoms with E-state index in [9.17, 15) is 9.90 Å². The van der Waals surface area contributed by atoms with Gasteiger partial charge in [0.2, 0.25) is 0 Å². The maximum absolute atomic E-state index is 11.2. The van der Waals surface area contributed by atoms with Gasteiger partial charge in [-0.05, 0) is 6.92 Å². The van der Waals surface area contributed by atoms with Gasteiger partial charge < -0.3 is 9.84 Å². The molecule has 0 aromatic rings. The number of aliphatic carboxylic acids is 1. The maximum atomic E-state index is 11.2. The highest BCUT2D eigenvalue weighted by molar-refractivity contribution is 7.99. The monoisotopic (exact) mass is 219 g/mol. The minimum Gasteiger partial charge on any atom is -0.480 e. The summed E-state index contributed by atoms with van der Waals surface area (Å²) < 4.78 is 4.99. The third-order valence-electron chi connectivity index (χ3n) is 2.60. The first-order valence-electron chi connectivity index (χ1n) is 4.66. The number of hydrogen-bond acceptors (Lipinski definition) is 4. The Morgan fingerprint density at radius 2 is 2.14 bits per heavy atom. The predicted molar refractivity (Wildman–Crippen MR) is 56.8 cm³/mol. The van der Waals surface area contributed by atoms with Crippen LogP contribution in [0.5, 0.6) is 0 Å². The van der Waals surface area contributed by atoms with E-state index in [4.69, 9.17) is 4.74 Å². The second-order valence-electron chi connectivity index (χ2n) is 3.61. The first-order valence-corrected chi connectivity index (χ1v) is 5.82. The minimum atomic E-state index is -0.865. The van der Waals surface area contributed by atoms with Crippen molar-refractivity contribution in [2.75, 3.05) is 38.3 Å². The van der Waals surface area contributed by atoms with Crippen LogP contribution in [0.25, 0.3) is 0 Å². The molecule has 0 aromatic heterocycles. The Kier molecular flexibility index (Phi) is 4.22. The van der Waals surface area contributed by atoms with Crippen molar-refractivity contribution in [1.82, 2.24) is 4.90 Å². The Morgan fingerprint density at radius 1 is 1.57 bits per heavy atom. The molecule has 1 aliphatic heterocycles. The van der Waals surface area contributed by atoms with Crippen molar-refractivity contribution in [2.24, 2.45) is 0 Å². The average Bonchev–Trinajstić information content (AvgIpc) is 2.19. The number of nitrogens with zero attached hydrogens (tertiary/aromatic N) is 1. The van der Waals surface area contributed by atoms with Crippen molar-refractivity contribution in [1.29, 1.82) is 0 Å². The van der Waals surface area contributed by atoms with E-state index < -0.39 is 11.5 Å². The highest BCUT2D eigenvalue weighted by Crippen LogP contribution is 2.21. The Labute approximate surface area is 88.6 Å². The van der Waals surface area contributed by atoms with Crippen LogP contribution in [0, 0.1) is 0 Å². The normalized spacial score (nSPS) is 23.0. The third-order valence-corrected chi connectivity index (χ3v) is 3.54. The minimum absolute atomic E-state index is 0.243. The molecule has 0 radical (unpaired) electrons. The number of rotatable bonds is 4. The molecule has 0 aliphatic carbocycles. The molecule has 14 heavy (non-hydrogen) atoms. The molecular weight excluding hydrogens is 202 g/mol. The molecule has 1 saturated heterocycles. The summed E-state index contributed by atoms with van der Waals surface area (Å²) in [5.74, 6) is 1.21. The van der Waals surface area contributed by atoms with E-state index in [1.807, 2.05) is 16.7 Å². The van der Waals surface area contributed by atoms with Gasteiger partial charge in [0.05, 0.1) is 6.61 Å². The summed E-state index contributed by atoms with van der Waals surface area (Å²) >= 11 is 1.87. The summed E-state index contributed by atoms with van der Waals surface area (Å²) in [5.41, 5.74) is -0.865. The van der Waals surface area contributed by atoms with Gasteiger partial charge in [-0.1, -0.05) is 0 Å². The lowest BCUT2D eigenvalue weighted by Gasteiger charge is -2.39. The molecule has 1 atom stereocenters. The standard InChI is InChI=1S/C9H17NO3S/c1-9(7-13-2,8(11)12)10-3-5-14-6-4-10/h3-7H2,1-2H3,(H,11,12). The summed E-state index contributed by atoms with van der Waals surface area (Å²) in [6.07, 6.45) is 0. The lowest BCUT2D eigenvalue weighted by Crippen LogP contribution is -2.57. The van der Waals surface area contributed by atoms with Crippen LogP contribution in [-0.2, 0) is 9.53 Å². The molecule has 1 rings (SSSR count). The van der Waals surface area contributed by atoms with Gasteiger partial charge >= 0.3 is 5.97 Å². The number of thioether (sulfide) groups is 1. The topological polar surface area (TPSA) is 49.8 Å². The number of carboxylic acid groups (broad SMARTS) is 1. The molecule has 0 amide bonds. The zero-order valence-corrected chi connectivity index (χ0v) is 9.47.